The van der Waals surface area contributed by atoms with E-state index in [-0.39, 0.29) is 11.5 Å². The standard InChI is InChI=1S/C18H15NO4/c1-11-7-8-17-13(9-11)19-14(18(21)23-17)10-15(20)12-5-3-4-6-16(12)22-2/h3-10,20H,1-2H3/b15-10+. The number of aliphatic hydroxyl groups is 1. The number of aliphatic hydroxyl groups excluding tert-OH is 1. The zero-order chi connectivity index (χ0) is 16.4. The Balaban J connectivity index is 2.12. The van der Waals surface area contributed by atoms with Crippen molar-refractivity contribution in [3.8, 4) is 5.75 Å². The molecular weight excluding hydrogens is 294 g/mol. The van der Waals surface area contributed by atoms with E-state index >= 15 is 0 Å². The van der Waals surface area contributed by atoms with Crippen LogP contribution in [0.5, 0.6) is 5.75 Å². The number of para-hydroxylation sites is 1. The lowest BCUT2D eigenvalue weighted by Crippen LogP contribution is -2.06. The molecule has 5 heteroatoms. The molecule has 0 saturated heterocycles. The van der Waals surface area contributed by atoms with Crippen LogP contribution in [0.25, 0.3) is 22.9 Å². The third kappa shape index (κ3) is 2.94. The van der Waals surface area contributed by atoms with E-state index in [0.29, 0.717) is 22.4 Å². The van der Waals surface area contributed by atoms with Gasteiger partial charge in [0.05, 0.1) is 12.7 Å². The van der Waals surface area contributed by atoms with E-state index in [4.69, 9.17) is 9.15 Å². The molecule has 0 aliphatic rings. The molecule has 0 spiro atoms. The van der Waals surface area contributed by atoms with Gasteiger partial charge in [0, 0.05) is 6.08 Å². The number of ether oxygens (including phenoxy) is 1. The van der Waals surface area contributed by atoms with E-state index in [9.17, 15) is 9.90 Å². The Morgan fingerprint density at radius 3 is 2.83 bits per heavy atom. The van der Waals surface area contributed by atoms with Gasteiger partial charge in [-0.25, -0.2) is 9.78 Å². The lowest BCUT2D eigenvalue weighted by atomic mass is 10.1. The highest BCUT2D eigenvalue weighted by Gasteiger charge is 2.10. The Morgan fingerprint density at radius 2 is 2.04 bits per heavy atom. The zero-order valence-electron chi connectivity index (χ0n) is 12.7. The molecule has 0 aliphatic carbocycles. The summed E-state index contributed by atoms with van der Waals surface area (Å²) in [7, 11) is 1.51. The van der Waals surface area contributed by atoms with Crippen LogP contribution in [0.4, 0.5) is 0 Å². The van der Waals surface area contributed by atoms with Crippen molar-refractivity contribution in [2.75, 3.05) is 7.11 Å². The van der Waals surface area contributed by atoms with Crippen LogP contribution in [0, 0.1) is 6.92 Å². The van der Waals surface area contributed by atoms with E-state index < -0.39 is 5.63 Å². The maximum Gasteiger partial charge on any atom is 0.362 e. The maximum absolute atomic E-state index is 12.0. The quantitative estimate of drug-likeness (QED) is 0.749. The average molecular weight is 309 g/mol. The highest BCUT2D eigenvalue weighted by atomic mass is 16.5. The highest BCUT2D eigenvalue weighted by molar-refractivity contribution is 5.80. The van der Waals surface area contributed by atoms with Gasteiger partial charge >= 0.3 is 5.63 Å². The first-order valence-electron chi connectivity index (χ1n) is 7.04. The predicted molar refractivity (Wildman–Crippen MR) is 88.5 cm³/mol. The summed E-state index contributed by atoms with van der Waals surface area (Å²) in [5.74, 6) is 0.386. The minimum atomic E-state index is -0.609. The minimum absolute atomic E-state index is 0.0338. The maximum atomic E-state index is 12.0. The van der Waals surface area contributed by atoms with E-state index in [1.165, 1.54) is 13.2 Å². The van der Waals surface area contributed by atoms with Crippen molar-refractivity contribution >= 4 is 22.9 Å². The minimum Gasteiger partial charge on any atom is -0.507 e. The Morgan fingerprint density at radius 1 is 1.26 bits per heavy atom. The summed E-state index contributed by atoms with van der Waals surface area (Å²) in [5, 5.41) is 10.3. The third-order valence-electron chi connectivity index (χ3n) is 3.42. The molecule has 1 N–H and O–H groups in total. The number of methoxy groups -OCH3 is 1. The normalized spacial score (nSPS) is 11.7. The van der Waals surface area contributed by atoms with Crippen molar-refractivity contribution in [3.63, 3.8) is 0 Å². The first-order valence-corrected chi connectivity index (χ1v) is 7.04. The van der Waals surface area contributed by atoms with Crippen molar-refractivity contribution in [1.29, 1.82) is 0 Å². The van der Waals surface area contributed by atoms with Crippen molar-refractivity contribution in [2.45, 2.75) is 6.92 Å². The molecule has 0 bridgehead atoms. The van der Waals surface area contributed by atoms with Crippen molar-refractivity contribution in [3.05, 3.63) is 69.7 Å². The monoisotopic (exact) mass is 309 g/mol. The number of fused-ring (bicyclic) bond motifs is 1. The summed E-state index contributed by atoms with van der Waals surface area (Å²) in [6.45, 7) is 1.92. The van der Waals surface area contributed by atoms with Crippen LogP contribution in [0.2, 0.25) is 0 Å². The lowest BCUT2D eigenvalue weighted by molar-refractivity contribution is 0.408. The van der Waals surface area contributed by atoms with E-state index in [0.717, 1.165) is 5.56 Å². The van der Waals surface area contributed by atoms with Gasteiger partial charge < -0.3 is 14.3 Å². The van der Waals surface area contributed by atoms with Crippen molar-refractivity contribution in [1.82, 2.24) is 4.98 Å². The topological polar surface area (TPSA) is 72.6 Å². The van der Waals surface area contributed by atoms with Gasteiger partial charge in [-0.3, -0.25) is 0 Å². The van der Waals surface area contributed by atoms with Gasteiger partial charge in [0.25, 0.3) is 0 Å². The van der Waals surface area contributed by atoms with Crippen LogP contribution in [-0.4, -0.2) is 17.2 Å². The molecule has 5 nitrogen and oxygen atoms in total. The van der Waals surface area contributed by atoms with Gasteiger partial charge in [0.15, 0.2) is 11.3 Å². The molecule has 3 rings (SSSR count). The molecule has 2 aromatic carbocycles. The number of aromatic nitrogens is 1. The van der Waals surface area contributed by atoms with Gasteiger partial charge in [-0.1, -0.05) is 18.2 Å². The number of hydrogen-bond donors (Lipinski definition) is 1. The molecule has 0 fully saturated rings. The number of hydrogen-bond acceptors (Lipinski definition) is 5. The van der Waals surface area contributed by atoms with Gasteiger partial charge in [0.1, 0.15) is 17.0 Å². The SMILES string of the molecule is COc1ccccc1/C(O)=C\c1nc2cc(C)ccc2oc1=O. The van der Waals surface area contributed by atoms with Gasteiger partial charge in [-0.2, -0.15) is 0 Å². The highest BCUT2D eigenvalue weighted by Crippen LogP contribution is 2.25. The molecule has 0 saturated carbocycles. The molecule has 0 radical (unpaired) electrons. The summed E-state index contributed by atoms with van der Waals surface area (Å²) in [6, 6.07) is 12.3. The largest absolute Gasteiger partial charge is 0.507 e. The number of benzene rings is 2. The van der Waals surface area contributed by atoms with Gasteiger partial charge in [0.2, 0.25) is 0 Å². The molecule has 3 aromatic rings. The second-order valence-electron chi connectivity index (χ2n) is 5.09. The first-order chi connectivity index (χ1) is 11.1. The lowest BCUT2D eigenvalue weighted by Gasteiger charge is -2.07. The molecule has 23 heavy (non-hydrogen) atoms. The second kappa shape index (κ2) is 5.96. The van der Waals surface area contributed by atoms with E-state index in [1.54, 1.807) is 30.3 Å². The van der Waals surface area contributed by atoms with Crippen LogP contribution in [0.1, 0.15) is 16.8 Å². The predicted octanol–water partition coefficient (Wildman–Crippen LogP) is 3.56. The van der Waals surface area contributed by atoms with Crippen molar-refractivity contribution in [2.24, 2.45) is 0 Å². The third-order valence-corrected chi connectivity index (χ3v) is 3.42. The molecule has 1 heterocycles. The molecule has 0 amide bonds. The molecule has 0 aliphatic heterocycles. The number of rotatable bonds is 3. The Bertz CT molecular complexity index is 957. The molecule has 0 unspecified atom stereocenters. The van der Waals surface area contributed by atoms with E-state index in [2.05, 4.69) is 4.98 Å². The Kier molecular flexibility index (Phi) is 3.85. The summed E-state index contributed by atoms with van der Waals surface area (Å²) < 4.78 is 10.4. The van der Waals surface area contributed by atoms with Crippen LogP contribution >= 0.6 is 0 Å². The molecule has 116 valence electrons. The van der Waals surface area contributed by atoms with Crippen LogP contribution in [0.3, 0.4) is 0 Å². The van der Waals surface area contributed by atoms with Gasteiger partial charge in [-0.15, -0.1) is 0 Å². The zero-order valence-corrected chi connectivity index (χ0v) is 12.7. The molecular formula is C18H15NO4. The second-order valence-corrected chi connectivity index (χ2v) is 5.09. The van der Waals surface area contributed by atoms with Gasteiger partial charge in [-0.05, 0) is 36.8 Å². The summed E-state index contributed by atoms with van der Waals surface area (Å²) in [4.78, 5) is 16.3. The first kappa shape index (κ1) is 14.8. The summed E-state index contributed by atoms with van der Waals surface area (Å²) in [6.07, 6.45) is 1.28. The van der Waals surface area contributed by atoms with Crippen molar-refractivity contribution < 1.29 is 14.3 Å². The fourth-order valence-electron chi connectivity index (χ4n) is 2.28. The molecule has 0 atom stereocenters. The van der Waals surface area contributed by atoms with E-state index in [1.807, 2.05) is 19.1 Å². The summed E-state index contributed by atoms with van der Waals surface area (Å²) >= 11 is 0. The number of aryl methyl sites for hydroxylation is 1. The Labute approximate surface area is 132 Å². The Hall–Kier alpha value is -3.08. The number of nitrogens with zero attached hydrogens (tertiary/aromatic N) is 1. The van der Waals surface area contributed by atoms with Crippen LogP contribution in [-0.2, 0) is 0 Å². The average Bonchev–Trinajstić information content (AvgIpc) is 2.55. The summed E-state index contributed by atoms with van der Waals surface area (Å²) in [5.41, 5.74) is 1.87. The fourth-order valence-corrected chi connectivity index (χ4v) is 2.28. The van der Waals surface area contributed by atoms with Crippen LogP contribution < -0.4 is 10.4 Å². The fraction of sp³-hybridized carbons (Fsp3) is 0.111. The molecule has 1 aromatic heterocycles. The smallest absolute Gasteiger partial charge is 0.362 e. The van der Waals surface area contributed by atoms with Crippen LogP contribution in [0.15, 0.2) is 51.7 Å².